The minimum atomic E-state index is -4.85. The number of alkyl halides is 3. The maximum atomic E-state index is 12.5. The van der Waals surface area contributed by atoms with Crippen molar-refractivity contribution in [2.24, 2.45) is 5.41 Å². The van der Waals surface area contributed by atoms with Crippen LogP contribution in [-0.2, 0) is 11.3 Å². The number of rotatable bonds is 7. The number of benzene rings is 1. The Balaban J connectivity index is 2.08. The Labute approximate surface area is 146 Å². The van der Waals surface area contributed by atoms with Crippen LogP contribution in [0.25, 0.3) is 0 Å². The van der Waals surface area contributed by atoms with Gasteiger partial charge in [-0.25, -0.2) is 4.58 Å². The van der Waals surface area contributed by atoms with Crippen LogP contribution in [-0.4, -0.2) is 36.0 Å². The first-order valence-electron chi connectivity index (χ1n) is 8.50. The van der Waals surface area contributed by atoms with Crippen molar-refractivity contribution in [1.82, 2.24) is 5.32 Å². The van der Waals surface area contributed by atoms with Crippen molar-refractivity contribution < 1.29 is 22.5 Å². The minimum Gasteiger partial charge on any atom is -0.347 e. The van der Waals surface area contributed by atoms with Crippen molar-refractivity contribution in [2.75, 3.05) is 13.1 Å². The van der Waals surface area contributed by atoms with Gasteiger partial charge in [0, 0.05) is 12.1 Å². The molecule has 1 N–H and O–H groups in total. The molecule has 0 saturated heterocycles. The lowest BCUT2D eigenvalue weighted by Gasteiger charge is -2.31. The van der Waals surface area contributed by atoms with Crippen LogP contribution in [0.4, 0.5) is 13.2 Å². The Morgan fingerprint density at radius 2 is 2.00 bits per heavy atom. The van der Waals surface area contributed by atoms with Gasteiger partial charge < -0.3 is 5.32 Å². The quantitative estimate of drug-likeness (QED) is 0.745. The third kappa shape index (κ3) is 5.73. The van der Waals surface area contributed by atoms with Gasteiger partial charge in [0.15, 0.2) is 19.3 Å². The van der Waals surface area contributed by atoms with Crippen molar-refractivity contribution in [1.29, 1.82) is 0 Å². The van der Waals surface area contributed by atoms with E-state index in [1.807, 2.05) is 55.6 Å². The highest BCUT2D eigenvalue weighted by atomic mass is 19.4. The Bertz CT molecular complexity index is 638. The van der Waals surface area contributed by atoms with Crippen LogP contribution in [0.15, 0.2) is 42.5 Å². The summed E-state index contributed by atoms with van der Waals surface area (Å²) < 4.78 is 39.6. The highest BCUT2D eigenvalue weighted by Gasteiger charge is 2.41. The predicted octanol–water partition coefficient (Wildman–Crippen LogP) is 3.69. The molecule has 0 fully saturated rings. The summed E-state index contributed by atoms with van der Waals surface area (Å²) in [5.74, 6) is -1.87. The number of halogens is 3. The summed E-state index contributed by atoms with van der Waals surface area (Å²) in [4.78, 5) is 11.2. The van der Waals surface area contributed by atoms with Gasteiger partial charge in [0.25, 0.3) is 0 Å². The largest absolute Gasteiger partial charge is 0.471 e. The Morgan fingerprint density at radius 3 is 2.64 bits per heavy atom. The number of amides is 1. The molecule has 136 valence electrons. The van der Waals surface area contributed by atoms with Gasteiger partial charge in [-0.05, 0) is 12.5 Å². The summed E-state index contributed by atoms with van der Waals surface area (Å²) in [7, 11) is 0. The molecular formula is C19H24F3N2O+. The molecule has 0 radical (unpaired) electrons. The summed E-state index contributed by atoms with van der Waals surface area (Å²) in [5, 5.41) is 2.07. The molecule has 0 aromatic heterocycles. The van der Waals surface area contributed by atoms with Gasteiger partial charge in [-0.2, -0.15) is 13.2 Å². The van der Waals surface area contributed by atoms with E-state index in [1.165, 1.54) is 0 Å². The molecule has 1 unspecified atom stereocenters. The topological polar surface area (TPSA) is 32.1 Å². The zero-order valence-electron chi connectivity index (χ0n) is 14.4. The van der Waals surface area contributed by atoms with Gasteiger partial charge in [0.1, 0.15) is 0 Å². The van der Waals surface area contributed by atoms with E-state index in [1.54, 1.807) is 0 Å². The van der Waals surface area contributed by atoms with Crippen LogP contribution < -0.4 is 5.32 Å². The van der Waals surface area contributed by atoms with E-state index < -0.39 is 17.5 Å². The molecule has 0 bridgehead atoms. The zero-order chi connectivity index (χ0) is 18.3. The van der Waals surface area contributed by atoms with Gasteiger partial charge >= 0.3 is 12.1 Å². The van der Waals surface area contributed by atoms with Crippen molar-refractivity contribution in [2.45, 2.75) is 38.9 Å². The third-order valence-electron chi connectivity index (χ3n) is 4.38. The van der Waals surface area contributed by atoms with E-state index in [0.717, 1.165) is 24.8 Å². The van der Waals surface area contributed by atoms with Gasteiger partial charge in [-0.15, -0.1) is 0 Å². The maximum Gasteiger partial charge on any atom is 0.471 e. The number of carbonyl (C=O) groups excluding carboxylic acids is 1. The van der Waals surface area contributed by atoms with E-state index in [2.05, 4.69) is 9.89 Å². The predicted molar refractivity (Wildman–Crippen MR) is 91.5 cm³/mol. The van der Waals surface area contributed by atoms with Crippen LogP contribution >= 0.6 is 0 Å². The number of nitrogens with one attached hydrogen (secondary N) is 1. The van der Waals surface area contributed by atoms with E-state index in [9.17, 15) is 18.0 Å². The fourth-order valence-electron chi connectivity index (χ4n) is 3.06. The van der Waals surface area contributed by atoms with Crippen molar-refractivity contribution in [3.63, 3.8) is 0 Å². The highest BCUT2D eigenvalue weighted by molar-refractivity contribution is 5.81. The summed E-state index contributed by atoms with van der Waals surface area (Å²) in [6, 6.07) is 9.91. The second kappa shape index (κ2) is 8.32. The number of carbonyl (C=O) groups is 1. The average molecular weight is 353 g/mol. The van der Waals surface area contributed by atoms with E-state index >= 15 is 0 Å². The maximum absolute atomic E-state index is 12.5. The number of nitrogens with zero attached hydrogens (tertiary/aromatic N) is 1. The van der Waals surface area contributed by atoms with E-state index in [4.69, 9.17) is 0 Å². The molecule has 3 nitrogen and oxygen atoms in total. The van der Waals surface area contributed by atoms with Crippen LogP contribution in [0.5, 0.6) is 0 Å². The molecule has 0 spiro atoms. The lowest BCUT2D eigenvalue weighted by atomic mass is 9.80. The molecule has 0 saturated carbocycles. The molecule has 1 aromatic carbocycles. The van der Waals surface area contributed by atoms with Crippen molar-refractivity contribution >= 4 is 12.1 Å². The second-order valence-corrected chi connectivity index (χ2v) is 6.55. The molecule has 1 amide bonds. The number of unbranched alkanes of at least 4 members (excludes halogenated alkanes) is 1. The van der Waals surface area contributed by atoms with Gasteiger partial charge in [0.2, 0.25) is 0 Å². The van der Waals surface area contributed by atoms with Gasteiger partial charge in [0.05, 0.1) is 5.41 Å². The smallest absolute Gasteiger partial charge is 0.347 e. The van der Waals surface area contributed by atoms with Gasteiger partial charge in [-0.3, -0.25) is 4.79 Å². The molecule has 1 heterocycles. The molecule has 25 heavy (non-hydrogen) atoms. The molecule has 2 rings (SSSR count). The summed E-state index contributed by atoms with van der Waals surface area (Å²) >= 11 is 0. The molecule has 0 aliphatic carbocycles. The fraction of sp³-hybridized carbons (Fsp3) is 0.474. The lowest BCUT2D eigenvalue weighted by molar-refractivity contribution is -0.552. The molecule has 1 aromatic rings. The first kappa shape index (κ1) is 19.2. The number of hydrogen-bond acceptors (Lipinski definition) is 1. The molecule has 6 heteroatoms. The van der Waals surface area contributed by atoms with E-state index in [0.29, 0.717) is 13.1 Å². The summed E-state index contributed by atoms with van der Waals surface area (Å²) in [6.07, 6.45) is 3.49. The fourth-order valence-corrected chi connectivity index (χ4v) is 3.06. The van der Waals surface area contributed by atoms with Gasteiger partial charge in [-0.1, -0.05) is 56.2 Å². The molecular weight excluding hydrogens is 329 g/mol. The first-order chi connectivity index (χ1) is 11.8. The molecule has 1 aliphatic rings. The Kier molecular flexibility index (Phi) is 6.39. The second-order valence-electron chi connectivity index (χ2n) is 6.55. The van der Waals surface area contributed by atoms with E-state index in [-0.39, 0.29) is 6.54 Å². The molecule has 1 aliphatic heterocycles. The zero-order valence-corrected chi connectivity index (χ0v) is 14.4. The molecule has 1 atom stereocenters. The number of hydrogen-bond donors (Lipinski definition) is 1. The normalized spacial score (nSPS) is 20.2. The Hall–Kier alpha value is -2.11. The van der Waals surface area contributed by atoms with Crippen LogP contribution in [0.1, 0.15) is 31.7 Å². The third-order valence-corrected chi connectivity index (χ3v) is 4.38. The van der Waals surface area contributed by atoms with Crippen molar-refractivity contribution in [3.8, 4) is 0 Å². The van der Waals surface area contributed by atoms with Crippen LogP contribution in [0.3, 0.4) is 0 Å². The Morgan fingerprint density at radius 1 is 1.28 bits per heavy atom. The summed E-state index contributed by atoms with van der Waals surface area (Å²) in [5.41, 5.74) is 0.651. The van der Waals surface area contributed by atoms with Crippen LogP contribution in [0, 0.1) is 5.41 Å². The van der Waals surface area contributed by atoms with Crippen LogP contribution in [0.2, 0.25) is 0 Å². The monoisotopic (exact) mass is 353 g/mol. The number of allylic oxidation sites excluding steroid dienone is 1. The first-order valence-corrected chi connectivity index (χ1v) is 8.50. The SMILES string of the molecule is CCCCC1(CNC(=O)C(F)(F)F)C=CC=[N+](Cc2ccccc2)C1. The summed E-state index contributed by atoms with van der Waals surface area (Å²) in [6.45, 7) is 3.30. The standard InChI is InChI=1S/C19H23F3N2O/c1-2-3-10-18(14-23-17(25)19(20,21)22)11-7-12-24(15-18)13-16-8-5-4-6-9-16/h4-9,11-12H,2-3,10,13-15H2,1H3/p+1. The minimum absolute atomic E-state index is 0.0129. The van der Waals surface area contributed by atoms with Crippen molar-refractivity contribution in [3.05, 3.63) is 48.0 Å². The average Bonchev–Trinajstić information content (AvgIpc) is 2.58. The highest BCUT2D eigenvalue weighted by Crippen LogP contribution is 2.29. The lowest BCUT2D eigenvalue weighted by Crippen LogP contribution is -2.47.